The summed E-state index contributed by atoms with van der Waals surface area (Å²) in [4.78, 5) is 20.6. The lowest BCUT2D eigenvalue weighted by molar-refractivity contribution is -0.149. The van der Waals surface area contributed by atoms with Crippen molar-refractivity contribution >= 4 is 38.1 Å². The molecule has 1 aliphatic heterocycles. The Morgan fingerprint density at radius 2 is 1.69 bits per heavy atom. The minimum Gasteiger partial charge on any atom is -0.670 e. The van der Waals surface area contributed by atoms with Crippen molar-refractivity contribution in [3.05, 3.63) is 147 Å². The van der Waals surface area contributed by atoms with E-state index in [4.69, 9.17) is 9.47 Å². The van der Waals surface area contributed by atoms with Gasteiger partial charge in [-0.15, -0.1) is 0 Å². The summed E-state index contributed by atoms with van der Waals surface area (Å²) in [5.74, 6) is -0.505. The molecule has 1 fully saturated rings. The first kappa shape index (κ1) is 45.5. The number of aliphatic hydroxyl groups is 2. The Bertz CT molecular complexity index is 2620. The first-order chi connectivity index (χ1) is 31.0. The Morgan fingerprint density at radius 3 is 2.44 bits per heavy atom. The van der Waals surface area contributed by atoms with Crippen molar-refractivity contribution in [3.63, 3.8) is 0 Å². The van der Waals surface area contributed by atoms with Gasteiger partial charge in [0.15, 0.2) is 28.8 Å². The third kappa shape index (κ3) is 8.83. The quantitative estimate of drug-likeness (QED) is 0.0733. The molecular formula is C52H57N2O8S2-. The minimum absolute atomic E-state index is 0.0166. The lowest BCUT2D eigenvalue weighted by atomic mass is 9.55. The minimum atomic E-state index is -1.61. The largest absolute Gasteiger partial charge is 0.670 e. The molecule has 6 N–H and O–H groups in total. The smallest absolute Gasteiger partial charge is 0.164 e. The number of carbonyl (C=O) groups excluding carboxylic acids is 1. The number of aromatic hydroxyl groups is 3. The van der Waals surface area contributed by atoms with Crippen LogP contribution in [0.3, 0.4) is 0 Å². The molecule has 1 aliphatic carbocycles. The first-order valence-corrected chi connectivity index (χ1v) is 24.4. The standard InChI is InChI=1S/C52H57N2O8S2/c1-5-33-10-11-34-7-6-8-36-28-63-64-29-38-22-46(58)52(25-30-9-13-43(56)45(20-30)61-3,39-18-32(26-53-2)19-40(55)23-39)51(60)48(38)49(59)37(17-31-15-16-54-27-31)21-35-12-14-44(57)50(62-4)42(35)24-41(33)47(34)36/h6-16,18-20,23,27,37-38,46,48-49,53,55-59H,5,17,21-22,24-26,28-29H2,1-4H3/q-1. The van der Waals surface area contributed by atoms with Crippen LogP contribution >= 0.6 is 21.6 Å². The predicted octanol–water partition coefficient (Wildman–Crippen LogP) is 8.21. The van der Waals surface area contributed by atoms with Crippen molar-refractivity contribution in [1.29, 1.82) is 0 Å². The number of methoxy groups -OCH3 is 2. The molecule has 6 unspecified atom stereocenters. The second-order valence-electron chi connectivity index (χ2n) is 17.4. The van der Waals surface area contributed by atoms with Crippen LogP contribution in [0.25, 0.3) is 10.8 Å². The van der Waals surface area contributed by atoms with Crippen LogP contribution in [0.2, 0.25) is 0 Å². The van der Waals surface area contributed by atoms with Crippen LogP contribution in [0.5, 0.6) is 28.7 Å². The van der Waals surface area contributed by atoms with Gasteiger partial charge in [-0.25, -0.2) is 0 Å². The zero-order valence-electron chi connectivity index (χ0n) is 36.7. The highest BCUT2D eigenvalue weighted by molar-refractivity contribution is 8.76. The highest BCUT2D eigenvalue weighted by Gasteiger charge is 2.57. The summed E-state index contributed by atoms with van der Waals surface area (Å²) in [5.41, 5.74) is 6.39. The Labute approximate surface area is 382 Å². The zero-order chi connectivity index (χ0) is 45.1. The molecule has 0 radical (unpaired) electrons. The van der Waals surface area contributed by atoms with Crippen LogP contribution in [0.1, 0.15) is 63.4 Å². The Balaban J connectivity index is 1.32. The summed E-state index contributed by atoms with van der Waals surface area (Å²) in [5, 5.41) is 64.6. The van der Waals surface area contributed by atoms with E-state index in [0.29, 0.717) is 54.2 Å². The zero-order valence-corrected chi connectivity index (χ0v) is 38.3. The molecule has 1 saturated carbocycles. The number of nitrogens with zero attached hydrogens (tertiary/aromatic N) is 1. The summed E-state index contributed by atoms with van der Waals surface area (Å²) in [7, 11) is 8.18. The van der Waals surface area contributed by atoms with Crippen molar-refractivity contribution in [2.75, 3.05) is 27.0 Å². The molecule has 6 atom stereocenters. The monoisotopic (exact) mass is 901 g/mol. The number of phenolic OH excluding ortho intramolecular Hbond substituents is 3. The van der Waals surface area contributed by atoms with Gasteiger partial charge in [0.2, 0.25) is 0 Å². The number of aromatic nitrogens is 1. The van der Waals surface area contributed by atoms with E-state index in [-0.39, 0.29) is 41.6 Å². The molecule has 0 saturated heterocycles. The molecule has 10 nitrogen and oxygen atoms in total. The van der Waals surface area contributed by atoms with Crippen molar-refractivity contribution in [3.8, 4) is 28.7 Å². The molecule has 0 amide bonds. The van der Waals surface area contributed by atoms with Crippen molar-refractivity contribution in [2.24, 2.45) is 17.8 Å². The van der Waals surface area contributed by atoms with Crippen LogP contribution < -0.4 is 19.8 Å². The van der Waals surface area contributed by atoms with E-state index in [9.17, 15) is 25.5 Å². The van der Waals surface area contributed by atoms with Gasteiger partial charge in [-0.3, -0.25) is 4.79 Å². The van der Waals surface area contributed by atoms with Gasteiger partial charge in [-0.2, -0.15) is 12.4 Å². The normalized spacial score (nSPS) is 22.8. The van der Waals surface area contributed by atoms with Crippen LogP contribution in [-0.4, -0.2) is 70.5 Å². The van der Waals surface area contributed by atoms with Crippen LogP contribution in [0.4, 0.5) is 0 Å². The lowest BCUT2D eigenvalue weighted by Gasteiger charge is -2.49. The maximum absolute atomic E-state index is 16.2. The number of ether oxygens (including phenoxy) is 2. The van der Waals surface area contributed by atoms with E-state index in [1.54, 1.807) is 78.5 Å². The number of nitrogens with one attached hydrogen (secondary N) is 1. The number of rotatable bonds is 10. The number of hydrogen-bond acceptors (Lipinski definition) is 11. The molecule has 6 aromatic rings. The molecule has 2 heterocycles. The maximum Gasteiger partial charge on any atom is 0.164 e. The number of fused-ring (bicyclic) bond motifs is 2. The molecule has 336 valence electrons. The van der Waals surface area contributed by atoms with Crippen molar-refractivity contribution in [1.82, 2.24) is 10.3 Å². The number of Topliss-reactive ketones (excluding diaryl/α,β-unsaturated/α-hetero) is 1. The number of carbonyl (C=O) groups is 1. The number of benzene rings is 5. The van der Waals surface area contributed by atoms with Crippen molar-refractivity contribution in [2.45, 2.75) is 75.4 Å². The molecule has 2 aliphatic rings. The number of phenols is 3. The Morgan fingerprint density at radius 1 is 0.859 bits per heavy atom. The van der Waals surface area contributed by atoms with Crippen LogP contribution in [0.15, 0.2) is 97.3 Å². The average Bonchev–Trinajstić information content (AvgIpc) is 3.80. The fraction of sp³-hybridized carbons (Fsp3) is 0.365. The summed E-state index contributed by atoms with van der Waals surface area (Å²) >= 11 is 0. The second-order valence-corrected chi connectivity index (χ2v) is 19.9. The molecule has 0 bridgehead atoms. The molecule has 0 spiro atoms. The Hall–Kier alpha value is -5.11. The summed E-state index contributed by atoms with van der Waals surface area (Å²) < 4.78 is 11.5. The van der Waals surface area contributed by atoms with Gasteiger partial charge in [-0.1, -0.05) is 88.7 Å². The third-order valence-corrected chi connectivity index (χ3v) is 16.0. The summed E-state index contributed by atoms with van der Waals surface area (Å²) in [6.07, 6.45) is 3.38. The van der Waals surface area contributed by atoms with Crippen LogP contribution in [-0.2, 0) is 54.6 Å². The molecule has 8 rings (SSSR count). The topological polar surface area (TPSA) is 163 Å². The van der Waals surface area contributed by atoms with Crippen molar-refractivity contribution < 1.29 is 39.8 Å². The third-order valence-electron chi connectivity index (χ3n) is 13.6. The van der Waals surface area contributed by atoms with Gasteiger partial charge in [0.1, 0.15) is 5.75 Å². The Kier molecular flexibility index (Phi) is 13.9. The number of aryl methyl sites for hydroxylation is 1. The summed E-state index contributed by atoms with van der Waals surface area (Å²) in [6, 6.07) is 26.2. The fourth-order valence-electron chi connectivity index (χ4n) is 10.5. The summed E-state index contributed by atoms with van der Waals surface area (Å²) in [6.45, 7) is 2.56. The SMILES string of the molecule is CCc1ccc2cccc3c2c1Cc1c(ccc(O)c1OC)CC(Cc1cc[n-]c1)C(O)C1C(=O)C(Cc2ccc(O)c(OC)c2)(c2cc(O)cc(CNC)c2)C(O)CC1CSSC3. The van der Waals surface area contributed by atoms with Crippen LogP contribution in [0, 0.1) is 17.8 Å². The molecule has 12 heteroatoms. The van der Waals surface area contributed by atoms with E-state index in [0.717, 1.165) is 34.1 Å². The van der Waals surface area contributed by atoms with Gasteiger partial charge in [-0.05, 0) is 131 Å². The van der Waals surface area contributed by atoms with E-state index in [1.807, 2.05) is 18.2 Å². The average molecular weight is 902 g/mol. The number of hydrogen-bond donors (Lipinski definition) is 6. The fourth-order valence-corrected chi connectivity index (χ4v) is 13.0. The highest BCUT2D eigenvalue weighted by atomic mass is 33.1. The van der Waals surface area contributed by atoms with E-state index in [1.165, 1.54) is 35.3 Å². The van der Waals surface area contributed by atoms with Gasteiger partial charge < -0.3 is 45.3 Å². The van der Waals surface area contributed by atoms with Gasteiger partial charge in [0.25, 0.3) is 0 Å². The molecule has 64 heavy (non-hydrogen) atoms. The molecular weight excluding hydrogens is 845 g/mol. The number of aliphatic hydroxyl groups excluding tert-OH is 2. The van der Waals surface area contributed by atoms with E-state index >= 15 is 4.79 Å². The van der Waals surface area contributed by atoms with Gasteiger partial charge in [0, 0.05) is 36.0 Å². The first-order valence-electron chi connectivity index (χ1n) is 21.9. The highest BCUT2D eigenvalue weighted by Crippen LogP contribution is 2.50. The maximum atomic E-state index is 16.2. The van der Waals surface area contributed by atoms with Gasteiger partial charge >= 0.3 is 0 Å². The lowest BCUT2D eigenvalue weighted by Crippen LogP contribution is -2.61. The molecule has 5 aromatic carbocycles. The van der Waals surface area contributed by atoms with Gasteiger partial charge in [0.05, 0.1) is 31.8 Å². The van der Waals surface area contributed by atoms with E-state index in [2.05, 4.69) is 47.6 Å². The second kappa shape index (κ2) is 19.6. The predicted molar refractivity (Wildman–Crippen MR) is 255 cm³/mol. The van der Waals surface area contributed by atoms with E-state index < -0.39 is 35.4 Å². The number of ketones is 1. The molecule has 1 aromatic heterocycles.